The Balaban J connectivity index is 2.28. The highest BCUT2D eigenvalue weighted by atomic mass is 19.1. The fraction of sp³-hybridized carbons (Fsp3) is 0.500. The first kappa shape index (κ1) is 11.2. The first-order chi connectivity index (χ1) is 6.70. The summed E-state index contributed by atoms with van der Waals surface area (Å²) in [6, 6.07) is 6.83. The van der Waals surface area contributed by atoms with Gasteiger partial charge in [0.25, 0.3) is 0 Å². The summed E-state index contributed by atoms with van der Waals surface area (Å²) >= 11 is 0. The number of ether oxygens (including phenoxy) is 1. The third-order valence-electron chi connectivity index (χ3n) is 1.92. The van der Waals surface area contributed by atoms with Crippen LogP contribution in [0.3, 0.4) is 0 Å². The van der Waals surface area contributed by atoms with Gasteiger partial charge in [0.15, 0.2) is 0 Å². The van der Waals surface area contributed by atoms with Crippen molar-refractivity contribution < 1.29 is 9.13 Å². The van der Waals surface area contributed by atoms with Gasteiger partial charge < -0.3 is 4.74 Å². The smallest absolute Gasteiger partial charge is 0.126 e. The third-order valence-corrected chi connectivity index (χ3v) is 1.92. The highest BCUT2D eigenvalue weighted by molar-refractivity contribution is 5.17. The summed E-state index contributed by atoms with van der Waals surface area (Å²) in [7, 11) is 0. The molecule has 0 N–H and O–H groups in total. The van der Waals surface area contributed by atoms with Gasteiger partial charge in [0, 0.05) is 6.61 Å². The Kier molecular flexibility index (Phi) is 4.60. The normalized spacial score (nSPS) is 10.9. The molecule has 0 saturated heterocycles. The first-order valence-corrected chi connectivity index (χ1v) is 5.01. The Morgan fingerprint density at radius 3 is 2.64 bits per heavy atom. The lowest BCUT2D eigenvalue weighted by atomic mass is 10.1. The standard InChI is InChI=1S/C12H17FO/c1-10(2)9-14-8-7-11-5-3-4-6-12(11)13/h3-6,10H,7-9H2,1-2H3. The van der Waals surface area contributed by atoms with Gasteiger partial charge in [-0.3, -0.25) is 0 Å². The Labute approximate surface area is 84.9 Å². The van der Waals surface area contributed by atoms with E-state index in [0.29, 0.717) is 18.9 Å². The molecule has 0 bridgehead atoms. The number of hydrogen-bond donors (Lipinski definition) is 0. The lowest BCUT2D eigenvalue weighted by Gasteiger charge is -2.07. The number of halogens is 1. The molecule has 0 aliphatic rings. The maximum atomic E-state index is 13.1. The van der Waals surface area contributed by atoms with Crippen molar-refractivity contribution in [3.63, 3.8) is 0 Å². The molecule has 14 heavy (non-hydrogen) atoms. The molecule has 78 valence electrons. The van der Waals surface area contributed by atoms with E-state index in [9.17, 15) is 4.39 Å². The van der Waals surface area contributed by atoms with E-state index in [1.807, 2.05) is 6.07 Å². The maximum Gasteiger partial charge on any atom is 0.126 e. The number of hydrogen-bond acceptors (Lipinski definition) is 1. The molecule has 0 amide bonds. The van der Waals surface area contributed by atoms with Crippen LogP contribution < -0.4 is 0 Å². The summed E-state index contributed by atoms with van der Waals surface area (Å²) in [5, 5.41) is 0. The second kappa shape index (κ2) is 5.76. The van der Waals surface area contributed by atoms with Crippen molar-refractivity contribution in [3.8, 4) is 0 Å². The molecule has 1 aromatic carbocycles. The molecule has 0 aliphatic carbocycles. The Morgan fingerprint density at radius 2 is 2.00 bits per heavy atom. The zero-order valence-electron chi connectivity index (χ0n) is 8.79. The third kappa shape index (κ3) is 3.88. The highest BCUT2D eigenvalue weighted by Gasteiger charge is 2.00. The van der Waals surface area contributed by atoms with E-state index in [1.54, 1.807) is 12.1 Å². The van der Waals surface area contributed by atoms with E-state index < -0.39 is 0 Å². The zero-order chi connectivity index (χ0) is 10.4. The van der Waals surface area contributed by atoms with Gasteiger partial charge in [0.1, 0.15) is 5.82 Å². The van der Waals surface area contributed by atoms with E-state index >= 15 is 0 Å². The van der Waals surface area contributed by atoms with Crippen molar-refractivity contribution in [2.24, 2.45) is 5.92 Å². The van der Waals surface area contributed by atoms with Crippen LogP contribution in [0.2, 0.25) is 0 Å². The van der Waals surface area contributed by atoms with E-state index in [-0.39, 0.29) is 5.82 Å². The lowest BCUT2D eigenvalue weighted by molar-refractivity contribution is 0.112. The first-order valence-electron chi connectivity index (χ1n) is 5.01. The van der Waals surface area contributed by atoms with Crippen molar-refractivity contribution in [1.29, 1.82) is 0 Å². The van der Waals surface area contributed by atoms with Gasteiger partial charge in [-0.2, -0.15) is 0 Å². The zero-order valence-corrected chi connectivity index (χ0v) is 8.79. The summed E-state index contributed by atoms with van der Waals surface area (Å²) in [4.78, 5) is 0. The minimum atomic E-state index is -0.138. The molecule has 0 aromatic heterocycles. The number of benzene rings is 1. The molecule has 1 rings (SSSR count). The predicted octanol–water partition coefficient (Wildman–Crippen LogP) is 3.04. The van der Waals surface area contributed by atoms with E-state index in [0.717, 1.165) is 12.2 Å². The second-order valence-corrected chi connectivity index (χ2v) is 3.81. The van der Waals surface area contributed by atoms with Crippen molar-refractivity contribution in [1.82, 2.24) is 0 Å². The Morgan fingerprint density at radius 1 is 1.29 bits per heavy atom. The minimum absolute atomic E-state index is 0.138. The van der Waals surface area contributed by atoms with Gasteiger partial charge in [-0.25, -0.2) is 4.39 Å². The van der Waals surface area contributed by atoms with Crippen LogP contribution in [-0.2, 0) is 11.2 Å². The summed E-state index contributed by atoms with van der Waals surface area (Å²) in [6.07, 6.45) is 0.652. The Hall–Kier alpha value is -0.890. The van der Waals surface area contributed by atoms with Gasteiger partial charge in [0.05, 0.1) is 6.61 Å². The van der Waals surface area contributed by atoms with Crippen LogP contribution in [0.4, 0.5) is 4.39 Å². The topological polar surface area (TPSA) is 9.23 Å². The van der Waals surface area contributed by atoms with Crippen LogP contribution in [0.1, 0.15) is 19.4 Å². The summed E-state index contributed by atoms with van der Waals surface area (Å²) in [5.74, 6) is 0.399. The molecule has 0 unspecified atom stereocenters. The Bertz CT molecular complexity index is 271. The molecule has 1 aromatic rings. The van der Waals surface area contributed by atoms with Crippen molar-refractivity contribution in [2.45, 2.75) is 20.3 Å². The maximum absolute atomic E-state index is 13.1. The predicted molar refractivity (Wildman–Crippen MR) is 55.8 cm³/mol. The molecule has 0 heterocycles. The number of rotatable bonds is 5. The van der Waals surface area contributed by atoms with Crippen LogP contribution in [0.15, 0.2) is 24.3 Å². The molecule has 0 atom stereocenters. The molecule has 0 fully saturated rings. The van der Waals surface area contributed by atoms with Crippen LogP contribution in [0, 0.1) is 11.7 Å². The minimum Gasteiger partial charge on any atom is -0.381 e. The fourth-order valence-electron chi connectivity index (χ4n) is 1.20. The van der Waals surface area contributed by atoms with Crippen molar-refractivity contribution >= 4 is 0 Å². The van der Waals surface area contributed by atoms with Crippen molar-refractivity contribution in [2.75, 3.05) is 13.2 Å². The highest BCUT2D eigenvalue weighted by Crippen LogP contribution is 2.07. The van der Waals surface area contributed by atoms with E-state index in [4.69, 9.17) is 4.74 Å². The van der Waals surface area contributed by atoms with Crippen LogP contribution in [0.25, 0.3) is 0 Å². The molecule has 0 spiro atoms. The fourth-order valence-corrected chi connectivity index (χ4v) is 1.20. The second-order valence-electron chi connectivity index (χ2n) is 3.81. The SMILES string of the molecule is CC(C)COCCc1ccccc1F. The van der Waals surface area contributed by atoms with E-state index in [2.05, 4.69) is 13.8 Å². The molecule has 1 nitrogen and oxygen atoms in total. The molecule has 0 aliphatic heterocycles. The van der Waals surface area contributed by atoms with Gasteiger partial charge in [-0.15, -0.1) is 0 Å². The lowest BCUT2D eigenvalue weighted by Crippen LogP contribution is -2.05. The van der Waals surface area contributed by atoms with Crippen LogP contribution in [-0.4, -0.2) is 13.2 Å². The summed E-state index contributed by atoms with van der Waals surface area (Å²) in [6.45, 7) is 5.54. The quantitative estimate of drug-likeness (QED) is 0.658. The molecule has 2 heteroatoms. The molecular formula is C12H17FO. The van der Waals surface area contributed by atoms with Crippen molar-refractivity contribution in [3.05, 3.63) is 35.6 Å². The van der Waals surface area contributed by atoms with Gasteiger partial charge in [0.2, 0.25) is 0 Å². The molecule has 0 radical (unpaired) electrons. The van der Waals surface area contributed by atoms with E-state index in [1.165, 1.54) is 6.07 Å². The van der Waals surface area contributed by atoms with Gasteiger partial charge >= 0.3 is 0 Å². The largest absolute Gasteiger partial charge is 0.381 e. The van der Waals surface area contributed by atoms with Gasteiger partial charge in [-0.05, 0) is 24.0 Å². The average Bonchev–Trinajstić information content (AvgIpc) is 2.15. The monoisotopic (exact) mass is 196 g/mol. The average molecular weight is 196 g/mol. The summed E-state index contributed by atoms with van der Waals surface area (Å²) in [5.41, 5.74) is 0.733. The molecule has 0 saturated carbocycles. The van der Waals surface area contributed by atoms with Crippen LogP contribution in [0.5, 0.6) is 0 Å². The summed E-state index contributed by atoms with van der Waals surface area (Å²) < 4.78 is 18.5. The van der Waals surface area contributed by atoms with Crippen LogP contribution >= 0.6 is 0 Å². The molecular weight excluding hydrogens is 179 g/mol. The van der Waals surface area contributed by atoms with Gasteiger partial charge in [-0.1, -0.05) is 32.0 Å².